The van der Waals surface area contributed by atoms with Crippen LogP contribution in [-0.2, 0) is 32.6 Å². The summed E-state index contributed by atoms with van der Waals surface area (Å²) < 4.78 is 48.6. The van der Waals surface area contributed by atoms with Gasteiger partial charge in [-0.3, -0.25) is 4.79 Å². The highest BCUT2D eigenvalue weighted by Crippen LogP contribution is 2.32. The third-order valence-corrected chi connectivity index (χ3v) is 8.39. The number of benzene rings is 1. The Bertz CT molecular complexity index is 1150. The van der Waals surface area contributed by atoms with Crippen LogP contribution in [0.25, 0.3) is 0 Å². The first kappa shape index (κ1) is 25.9. The third-order valence-electron chi connectivity index (χ3n) is 6.33. The van der Waals surface area contributed by atoms with E-state index in [0.29, 0.717) is 30.8 Å². The van der Waals surface area contributed by atoms with E-state index >= 15 is 0 Å². The number of hydrogen-bond donors (Lipinski definition) is 1. The van der Waals surface area contributed by atoms with Gasteiger partial charge in [0.1, 0.15) is 16.3 Å². The van der Waals surface area contributed by atoms with E-state index < -0.39 is 16.0 Å². The maximum atomic E-state index is 13.6. The molecule has 0 unspecified atom stereocenters. The molecule has 1 aliphatic rings. The molecule has 2 aromatic rings. The van der Waals surface area contributed by atoms with E-state index in [1.54, 1.807) is 37.5 Å². The average Bonchev–Trinajstić information content (AvgIpc) is 3.08. The molecule has 8 nitrogen and oxygen atoms in total. The molecule has 1 fully saturated rings. The summed E-state index contributed by atoms with van der Waals surface area (Å²) >= 11 is 0. The molecular formula is C24H32FN3O5S. The number of hydrogen-bond acceptors (Lipinski definition) is 5. The fourth-order valence-corrected chi connectivity index (χ4v) is 6.43. The maximum absolute atomic E-state index is 13.6. The van der Waals surface area contributed by atoms with E-state index in [1.807, 2.05) is 6.92 Å². The van der Waals surface area contributed by atoms with Gasteiger partial charge in [0.15, 0.2) is 0 Å². The molecule has 0 aliphatic carbocycles. The van der Waals surface area contributed by atoms with Crippen molar-refractivity contribution in [2.45, 2.75) is 58.5 Å². The van der Waals surface area contributed by atoms with Crippen molar-refractivity contribution < 1.29 is 27.1 Å². The molecule has 1 aromatic heterocycles. The molecule has 1 aromatic carbocycles. The quantitative estimate of drug-likeness (QED) is 0.570. The molecule has 0 radical (unpaired) electrons. The number of aromatic nitrogens is 1. The fraction of sp³-hybridized carbons (Fsp3) is 0.500. The van der Waals surface area contributed by atoms with Crippen molar-refractivity contribution in [3.8, 4) is 0 Å². The number of nitrogens with one attached hydrogen (secondary N) is 1. The van der Waals surface area contributed by atoms with Crippen LogP contribution in [0.1, 0.15) is 54.0 Å². The van der Waals surface area contributed by atoms with Crippen molar-refractivity contribution >= 4 is 21.9 Å². The lowest BCUT2D eigenvalue weighted by Gasteiger charge is -2.30. The van der Waals surface area contributed by atoms with Crippen molar-refractivity contribution in [1.82, 2.24) is 14.2 Å². The van der Waals surface area contributed by atoms with Gasteiger partial charge < -0.3 is 14.6 Å². The molecule has 0 spiro atoms. The Balaban J connectivity index is 1.73. The van der Waals surface area contributed by atoms with Crippen molar-refractivity contribution in [2.24, 2.45) is 5.92 Å². The molecule has 1 saturated heterocycles. The lowest BCUT2D eigenvalue weighted by atomic mass is 9.97. The first-order valence-corrected chi connectivity index (χ1v) is 12.9. The van der Waals surface area contributed by atoms with Crippen LogP contribution < -0.4 is 5.32 Å². The third kappa shape index (κ3) is 5.17. The van der Waals surface area contributed by atoms with Crippen molar-refractivity contribution in [3.05, 3.63) is 52.6 Å². The molecule has 0 atom stereocenters. The van der Waals surface area contributed by atoms with Gasteiger partial charge in [0.05, 0.1) is 6.61 Å². The summed E-state index contributed by atoms with van der Waals surface area (Å²) in [5.74, 6) is -1.46. The summed E-state index contributed by atoms with van der Waals surface area (Å²) in [7, 11) is -3.96. The van der Waals surface area contributed by atoms with Gasteiger partial charge >= 0.3 is 5.97 Å². The minimum Gasteiger partial charge on any atom is -0.462 e. The summed E-state index contributed by atoms with van der Waals surface area (Å²) in [6.45, 7) is 8.29. The Kier molecular flexibility index (Phi) is 8.14. The maximum Gasteiger partial charge on any atom is 0.341 e. The van der Waals surface area contributed by atoms with Gasteiger partial charge in [0, 0.05) is 43.5 Å². The lowest BCUT2D eigenvalue weighted by molar-refractivity contribution is -0.126. The largest absolute Gasteiger partial charge is 0.462 e. The van der Waals surface area contributed by atoms with Gasteiger partial charge in [-0.2, -0.15) is 4.31 Å². The van der Waals surface area contributed by atoms with Gasteiger partial charge in [-0.25, -0.2) is 17.6 Å². The monoisotopic (exact) mass is 493 g/mol. The Labute approximate surface area is 200 Å². The van der Waals surface area contributed by atoms with E-state index in [2.05, 4.69) is 5.32 Å². The Hall–Kier alpha value is -2.72. The van der Waals surface area contributed by atoms with E-state index in [1.165, 1.54) is 16.4 Å². The molecule has 1 aliphatic heterocycles. The lowest BCUT2D eigenvalue weighted by Crippen LogP contribution is -2.43. The predicted molar refractivity (Wildman–Crippen MR) is 125 cm³/mol. The minimum absolute atomic E-state index is 0.00971. The standard InChI is InChI=1S/C24H32FN3O5S/c1-5-28-16(3)21(24(30)33-6-2)22(17(28)4)34(31,32)27-13-11-19(12-14-27)23(29)26-15-18-7-9-20(25)10-8-18/h7-10,19H,5-6,11-15H2,1-4H3,(H,26,29). The molecule has 0 bridgehead atoms. The highest BCUT2D eigenvalue weighted by atomic mass is 32.2. The normalized spacial score (nSPS) is 15.3. The molecule has 34 heavy (non-hydrogen) atoms. The number of carbonyl (C=O) groups is 2. The van der Waals surface area contributed by atoms with Gasteiger partial charge in [-0.05, 0) is 58.2 Å². The number of carbonyl (C=O) groups excluding carboxylic acids is 2. The Morgan fingerprint density at radius 2 is 1.71 bits per heavy atom. The summed E-state index contributed by atoms with van der Waals surface area (Å²) in [4.78, 5) is 25.2. The molecule has 1 N–H and O–H groups in total. The average molecular weight is 494 g/mol. The molecule has 0 saturated carbocycles. The van der Waals surface area contributed by atoms with Gasteiger partial charge in [0.2, 0.25) is 15.9 Å². The summed E-state index contributed by atoms with van der Waals surface area (Å²) in [6.07, 6.45) is 0.742. The number of ether oxygens (including phenoxy) is 1. The van der Waals surface area contributed by atoms with Gasteiger partial charge in [0.25, 0.3) is 0 Å². The zero-order valence-electron chi connectivity index (χ0n) is 20.1. The second-order valence-electron chi connectivity index (χ2n) is 8.36. The molecule has 3 rings (SSSR count). The summed E-state index contributed by atoms with van der Waals surface area (Å²) in [5.41, 5.74) is 1.93. The number of rotatable bonds is 8. The first-order valence-electron chi connectivity index (χ1n) is 11.5. The van der Waals surface area contributed by atoms with E-state index in [4.69, 9.17) is 4.74 Å². The predicted octanol–water partition coefficient (Wildman–Crippen LogP) is 3.16. The highest BCUT2D eigenvalue weighted by Gasteiger charge is 2.38. The fourth-order valence-electron chi connectivity index (χ4n) is 4.51. The van der Waals surface area contributed by atoms with E-state index in [9.17, 15) is 22.4 Å². The van der Waals surface area contributed by atoms with Gasteiger partial charge in [-0.15, -0.1) is 0 Å². The number of esters is 1. The van der Waals surface area contributed by atoms with Crippen molar-refractivity contribution in [1.29, 1.82) is 0 Å². The first-order chi connectivity index (χ1) is 16.1. The van der Waals surface area contributed by atoms with Crippen LogP contribution in [0.4, 0.5) is 4.39 Å². The summed E-state index contributed by atoms with van der Waals surface area (Å²) in [5, 5.41) is 2.85. The van der Waals surface area contributed by atoms with Crippen molar-refractivity contribution in [2.75, 3.05) is 19.7 Å². The molecule has 10 heteroatoms. The van der Waals surface area contributed by atoms with Crippen LogP contribution in [0.15, 0.2) is 29.2 Å². The van der Waals surface area contributed by atoms with Gasteiger partial charge in [-0.1, -0.05) is 12.1 Å². The van der Waals surface area contributed by atoms with Crippen LogP contribution in [0.3, 0.4) is 0 Å². The zero-order chi connectivity index (χ0) is 25.0. The number of sulfonamides is 1. The van der Waals surface area contributed by atoms with Crippen LogP contribution in [0, 0.1) is 25.6 Å². The number of amides is 1. The summed E-state index contributed by atoms with van der Waals surface area (Å²) in [6, 6.07) is 5.90. The minimum atomic E-state index is -3.96. The molecule has 186 valence electrons. The number of piperidine rings is 1. The SMILES string of the molecule is CCOC(=O)c1c(S(=O)(=O)N2CCC(C(=O)NCc3ccc(F)cc3)CC2)c(C)n(CC)c1C. The number of nitrogens with zero attached hydrogens (tertiary/aromatic N) is 2. The van der Waals surface area contributed by atoms with E-state index in [-0.39, 0.29) is 54.3 Å². The topological polar surface area (TPSA) is 97.7 Å². The zero-order valence-corrected chi connectivity index (χ0v) is 20.9. The molecular weight excluding hydrogens is 461 g/mol. The van der Waals surface area contributed by atoms with Crippen LogP contribution in [-0.4, -0.2) is 48.9 Å². The molecule has 2 heterocycles. The van der Waals surface area contributed by atoms with Crippen LogP contribution >= 0.6 is 0 Å². The van der Waals surface area contributed by atoms with Crippen molar-refractivity contribution in [3.63, 3.8) is 0 Å². The Morgan fingerprint density at radius 1 is 1.09 bits per heavy atom. The van der Waals surface area contributed by atoms with Crippen LogP contribution in [0.5, 0.6) is 0 Å². The van der Waals surface area contributed by atoms with Crippen LogP contribution in [0.2, 0.25) is 0 Å². The smallest absolute Gasteiger partial charge is 0.341 e. The Morgan fingerprint density at radius 3 is 2.26 bits per heavy atom. The second kappa shape index (κ2) is 10.7. The molecule has 1 amide bonds. The number of halogens is 1. The van der Waals surface area contributed by atoms with E-state index in [0.717, 1.165) is 5.56 Å². The highest BCUT2D eigenvalue weighted by molar-refractivity contribution is 7.89. The second-order valence-corrected chi connectivity index (χ2v) is 10.2.